The third kappa shape index (κ3) is 7.47. The van der Waals surface area contributed by atoms with Gasteiger partial charge in [0, 0.05) is 19.0 Å². The first-order chi connectivity index (χ1) is 10.8. The first-order valence-corrected chi connectivity index (χ1v) is 10.1. The minimum Gasteiger partial charge on any atom is -0.0843 e. The molecule has 0 aliphatic carbocycles. The summed E-state index contributed by atoms with van der Waals surface area (Å²) >= 11 is 18.7. The van der Waals surface area contributed by atoms with Crippen LogP contribution in [0.4, 0.5) is 0 Å². The Morgan fingerprint density at radius 1 is 0.583 bits per heavy atom. The molecule has 0 fully saturated rings. The van der Waals surface area contributed by atoms with Crippen molar-refractivity contribution in [3.8, 4) is 0 Å². The summed E-state index contributed by atoms with van der Waals surface area (Å²) in [6.07, 6.45) is 0. The Hall–Kier alpha value is -0.0200. The van der Waals surface area contributed by atoms with Gasteiger partial charge in [-0.25, -0.2) is 0 Å². The molecule has 132 valence electrons. The van der Waals surface area contributed by atoms with Crippen LogP contribution in [0.2, 0.25) is 10.0 Å². The van der Waals surface area contributed by atoms with E-state index in [4.69, 9.17) is 23.2 Å². The normalized spacial score (nSPS) is 11.8. The average Bonchev–Trinajstić information content (AvgIpc) is 2.35. The molecule has 0 atom stereocenters. The summed E-state index contributed by atoms with van der Waals surface area (Å²) in [7, 11) is 0. The monoisotopic (exact) mass is 492 g/mol. The van der Waals surface area contributed by atoms with Crippen LogP contribution in [-0.4, -0.2) is 0 Å². The van der Waals surface area contributed by atoms with Crippen molar-refractivity contribution in [3.05, 3.63) is 66.5 Å². The number of hydrogen-bond donors (Lipinski definition) is 0. The maximum Gasteiger partial charge on any atom is 0.0423 e. The lowest BCUT2D eigenvalue weighted by Gasteiger charge is -2.19. The van der Waals surface area contributed by atoms with Crippen LogP contribution in [0.3, 0.4) is 0 Å². The molecule has 2 rings (SSSR count). The van der Waals surface area contributed by atoms with Gasteiger partial charge < -0.3 is 0 Å². The highest BCUT2D eigenvalue weighted by Crippen LogP contribution is 2.29. The molecule has 0 saturated carbocycles. The molecular formula is C20H24Br2Cl2. The van der Waals surface area contributed by atoms with E-state index in [0.717, 1.165) is 8.95 Å². The van der Waals surface area contributed by atoms with Crippen molar-refractivity contribution in [2.24, 2.45) is 0 Å². The Kier molecular flexibility index (Phi) is 7.87. The molecule has 0 N–H and O–H groups in total. The quantitative estimate of drug-likeness (QED) is 0.343. The van der Waals surface area contributed by atoms with Gasteiger partial charge in [-0.15, -0.1) is 0 Å². The molecule has 24 heavy (non-hydrogen) atoms. The predicted molar refractivity (Wildman–Crippen MR) is 116 cm³/mol. The second kappa shape index (κ2) is 8.58. The van der Waals surface area contributed by atoms with Crippen LogP contribution < -0.4 is 0 Å². The topological polar surface area (TPSA) is 0 Å². The summed E-state index contributed by atoms with van der Waals surface area (Å²) in [6, 6.07) is 12.0. The molecule has 0 bridgehead atoms. The third-order valence-corrected chi connectivity index (χ3v) is 4.81. The number of benzene rings is 2. The van der Waals surface area contributed by atoms with E-state index >= 15 is 0 Å². The SMILES string of the molecule is CC(C)(C)c1cc(Br)cc(Br)c1.CC(C)(C)c1cc(Cl)cc(Cl)c1. The van der Waals surface area contributed by atoms with Gasteiger partial charge in [-0.1, -0.05) is 96.6 Å². The highest BCUT2D eigenvalue weighted by Gasteiger charge is 2.15. The van der Waals surface area contributed by atoms with E-state index in [1.54, 1.807) is 6.07 Å². The van der Waals surface area contributed by atoms with Crippen LogP contribution in [0.5, 0.6) is 0 Å². The average molecular weight is 495 g/mol. The lowest BCUT2D eigenvalue weighted by molar-refractivity contribution is 0.589. The molecule has 0 heterocycles. The highest BCUT2D eigenvalue weighted by atomic mass is 79.9. The van der Waals surface area contributed by atoms with Gasteiger partial charge in [-0.3, -0.25) is 0 Å². The molecule has 0 nitrogen and oxygen atoms in total. The molecule has 0 unspecified atom stereocenters. The fraction of sp³-hybridized carbons (Fsp3) is 0.400. The third-order valence-electron chi connectivity index (χ3n) is 3.46. The van der Waals surface area contributed by atoms with Gasteiger partial charge in [0.2, 0.25) is 0 Å². The van der Waals surface area contributed by atoms with Gasteiger partial charge in [0.25, 0.3) is 0 Å². The standard InChI is InChI=1S/C10H12Br2.C10H12Cl2/c2*1-10(2,3)7-4-8(11)6-9(12)5-7/h2*4-6H,1-3H3. The summed E-state index contributed by atoms with van der Waals surface area (Å²) in [5, 5.41) is 1.40. The molecule has 0 aliphatic rings. The highest BCUT2D eigenvalue weighted by molar-refractivity contribution is 9.11. The van der Waals surface area contributed by atoms with Crippen molar-refractivity contribution in [2.75, 3.05) is 0 Å². The largest absolute Gasteiger partial charge is 0.0843 e. The van der Waals surface area contributed by atoms with E-state index in [0.29, 0.717) is 10.0 Å². The van der Waals surface area contributed by atoms with Gasteiger partial charge in [-0.2, -0.15) is 0 Å². The van der Waals surface area contributed by atoms with Crippen molar-refractivity contribution in [2.45, 2.75) is 52.4 Å². The first kappa shape index (κ1) is 22.0. The fourth-order valence-corrected chi connectivity index (χ4v) is 3.79. The second-order valence-electron chi connectivity index (χ2n) is 7.82. The van der Waals surface area contributed by atoms with Gasteiger partial charge in [0.1, 0.15) is 0 Å². The Bertz CT molecular complexity index is 594. The molecule has 2 aromatic rings. The second-order valence-corrected chi connectivity index (χ2v) is 10.5. The smallest absolute Gasteiger partial charge is 0.0423 e. The van der Waals surface area contributed by atoms with E-state index in [9.17, 15) is 0 Å². The van der Waals surface area contributed by atoms with Crippen molar-refractivity contribution < 1.29 is 0 Å². The van der Waals surface area contributed by atoms with E-state index in [2.05, 4.69) is 91.6 Å². The lowest BCUT2D eigenvalue weighted by Crippen LogP contribution is -2.10. The lowest BCUT2D eigenvalue weighted by atomic mass is 9.87. The zero-order valence-electron chi connectivity index (χ0n) is 15.0. The van der Waals surface area contributed by atoms with Crippen LogP contribution in [0.25, 0.3) is 0 Å². The Morgan fingerprint density at radius 2 is 0.917 bits per heavy atom. The summed E-state index contributed by atoms with van der Waals surface area (Å²) < 4.78 is 2.25. The van der Waals surface area contributed by atoms with Crippen LogP contribution in [0, 0.1) is 0 Å². The van der Waals surface area contributed by atoms with Gasteiger partial charge in [0.05, 0.1) is 0 Å². The molecule has 4 heteroatoms. The van der Waals surface area contributed by atoms with E-state index < -0.39 is 0 Å². The molecular weight excluding hydrogens is 471 g/mol. The molecule has 0 aromatic heterocycles. The van der Waals surface area contributed by atoms with E-state index in [1.165, 1.54) is 11.1 Å². The van der Waals surface area contributed by atoms with Crippen LogP contribution in [-0.2, 0) is 10.8 Å². The van der Waals surface area contributed by atoms with E-state index in [-0.39, 0.29) is 10.8 Å². The van der Waals surface area contributed by atoms with Crippen molar-refractivity contribution >= 4 is 55.1 Å². The summed E-state index contributed by atoms with van der Waals surface area (Å²) in [4.78, 5) is 0. The molecule has 0 saturated heterocycles. The zero-order chi connectivity index (χ0) is 18.7. The molecule has 0 amide bonds. The fourth-order valence-electron chi connectivity index (χ4n) is 1.97. The maximum absolute atomic E-state index is 5.87. The Morgan fingerprint density at radius 3 is 1.25 bits per heavy atom. The summed E-state index contributed by atoms with van der Waals surface area (Å²) in [5.74, 6) is 0. The van der Waals surface area contributed by atoms with Crippen molar-refractivity contribution in [1.82, 2.24) is 0 Å². The number of halogens is 4. The predicted octanol–water partition coefficient (Wildman–Crippen LogP) is 8.80. The summed E-state index contributed by atoms with van der Waals surface area (Å²) in [5.41, 5.74) is 2.82. The molecule has 2 aromatic carbocycles. The van der Waals surface area contributed by atoms with Gasteiger partial charge in [0.15, 0.2) is 0 Å². The number of hydrogen-bond acceptors (Lipinski definition) is 0. The Labute approximate surface area is 173 Å². The molecule has 0 spiro atoms. The molecule has 0 aliphatic heterocycles. The molecule has 0 radical (unpaired) electrons. The first-order valence-electron chi connectivity index (χ1n) is 7.72. The Balaban J connectivity index is 0.000000240. The van der Waals surface area contributed by atoms with Crippen molar-refractivity contribution in [3.63, 3.8) is 0 Å². The van der Waals surface area contributed by atoms with Gasteiger partial charge in [-0.05, 0) is 58.4 Å². The summed E-state index contributed by atoms with van der Waals surface area (Å²) in [6.45, 7) is 13.0. The maximum atomic E-state index is 5.87. The number of rotatable bonds is 0. The van der Waals surface area contributed by atoms with Crippen LogP contribution >= 0.6 is 55.1 Å². The van der Waals surface area contributed by atoms with Crippen LogP contribution in [0.1, 0.15) is 52.7 Å². The minimum atomic E-state index is 0.106. The zero-order valence-corrected chi connectivity index (χ0v) is 19.7. The van der Waals surface area contributed by atoms with Crippen LogP contribution in [0.15, 0.2) is 45.3 Å². The minimum absolute atomic E-state index is 0.106. The van der Waals surface area contributed by atoms with Crippen molar-refractivity contribution in [1.29, 1.82) is 0 Å². The van der Waals surface area contributed by atoms with Gasteiger partial charge >= 0.3 is 0 Å². The van der Waals surface area contributed by atoms with E-state index in [1.807, 2.05) is 12.1 Å².